The minimum atomic E-state index is -4.47. The average molecular weight is 1080 g/mol. The third-order valence-electron chi connectivity index (χ3n) is 12.5. The predicted octanol–water partition coefficient (Wildman–Crippen LogP) is 18.5. The Hall–Kier alpha value is -3.85. The Kier molecular flexibility index (Phi) is 51.7. The van der Waals surface area contributed by atoms with Gasteiger partial charge in [-0.15, -0.1) is 0 Å². The van der Waals surface area contributed by atoms with Crippen LogP contribution in [-0.4, -0.2) is 74.3 Å². The number of likely N-dealkylation sites (N-methyl/N-ethyl adjacent to an activating group) is 1. The number of hydrogen-bond donors (Lipinski definition) is 2. The summed E-state index contributed by atoms with van der Waals surface area (Å²) in [7, 11) is 1.43. The van der Waals surface area contributed by atoms with Crippen molar-refractivity contribution < 1.29 is 37.3 Å². The van der Waals surface area contributed by atoms with E-state index >= 15 is 0 Å². The Morgan fingerprint density at radius 2 is 0.895 bits per heavy atom. The van der Waals surface area contributed by atoms with E-state index in [9.17, 15) is 19.0 Å². The van der Waals surface area contributed by atoms with E-state index in [4.69, 9.17) is 13.8 Å². The largest absolute Gasteiger partial charge is 0.472 e. The quantitative estimate of drug-likeness (QED) is 0.0156. The van der Waals surface area contributed by atoms with E-state index in [1.807, 2.05) is 94.1 Å². The minimum absolute atomic E-state index is 0.0196. The van der Waals surface area contributed by atoms with E-state index in [1.165, 1.54) is 77.0 Å². The van der Waals surface area contributed by atoms with Gasteiger partial charge < -0.3 is 19.4 Å². The molecule has 0 spiro atoms. The molecule has 0 aliphatic heterocycles. The zero-order valence-corrected chi connectivity index (χ0v) is 50.1. The van der Waals surface area contributed by atoms with Crippen molar-refractivity contribution in [1.29, 1.82) is 0 Å². The Bertz CT molecular complexity index is 1760. The van der Waals surface area contributed by atoms with Crippen LogP contribution in [0.3, 0.4) is 0 Å². The van der Waals surface area contributed by atoms with Crippen LogP contribution in [0.4, 0.5) is 0 Å². The molecule has 10 heteroatoms. The smallest absolute Gasteiger partial charge is 0.456 e. The maximum Gasteiger partial charge on any atom is 0.472 e. The molecular weight excluding hydrogens is 964 g/mol. The first kappa shape index (κ1) is 72.2. The first-order valence-electron chi connectivity index (χ1n) is 30.1. The lowest BCUT2D eigenvalue weighted by atomic mass is 10.1. The molecule has 0 aliphatic carbocycles. The number of carbonyl (C=O) groups is 2. The number of unbranched alkanes of at least 4 members (excludes halogenated alkanes) is 21. The number of carbonyl (C=O) groups excluding carboxylic acids is 2. The van der Waals surface area contributed by atoms with E-state index in [2.05, 4.69) is 86.8 Å². The molecule has 0 fully saturated rings. The van der Waals surface area contributed by atoms with Crippen molar-refractivity contribution >= 4 is 19.7 Å². The third kappa shape index (κ3) is 54.9. The highest BCUT2D eigenvalue weighted by atomic mass is 31.2. The summed E-state index contributed by atoms with van der Waals surface area (Å²) >= 11 is 0. The van der Waals surface area contributed by atoms with Gasteiger partial charge in [0.1, 0.15) is 19.3 Å². The molecule has 0 heterocycles. The lowest BCUT2D eigenvalue weighted by Gasteiger charge is -2.27. The van der Waals surface area contributed by atoms with Gasteiger partial charge in [-0.2, -0.15) is 0 Å². The van der Waals surface area contributed by atoms with Crippen molar-refractivity contribution in [1.82, 2.24) is 5.32 Å². The molecule has 0 aliphatic rings. The fraction of sp³-hybridized carbons (Fsp3) is 0.636. The molecule has 0 saturated carbocycles. The molecule has 1 amide bonds. The van der Waals surface area contributed by atoms with Crippen molar-refractivity contribution in [3.05, 3.63) is 134 Å². The second-order valence-electron chi connectivity index (χ2n) is 20.9. The van der Waals surface area contributed by atoms with Crippen molar-refractivity contribution in [2.75, 3.05) is 40.9 Å². The Morgan fingerprint density at radius 3 is 1.42 bits per heavy atom. The molecule has 0 aromatic heterocycles. The maximum atomic E-state index is 13.5. The SMILES string of the molecule is CC\C=C/C=C/C=C/C=C\C=C\C=C\CCCCCC(=O)NC(COP(=O)(O)OCC[N+](C)(C)C)C(/C=C/CCCCCCCCCCCC)OC(=O)CCCCCCC/C=C\C/C=C\C/C=C\C/C=C\CCCCC. The van der Waals surface area contributed by atoms with Gasteiger partial charge in [0.15, 0.2) is 0 Å². The first-order valence-corrected chi connectivity index (χ1v) is 31.6. The first-order chi connectivity index (χ1) is 36.9. The number of ether oxygens (including phenoxy) is 1. The van der Waals surface area contributed by atoms with E-state index in [1.54, 1.807) is 0 Å². The Morgan fingerprint density at radius 1 is 0.487 bits per heavy atom. The zero-order valence-electron chi connectivity index (χ0n) is 49.2. The van der Waals surface area contributed by atoms with E-state index in [0.717, 1.165) is 96.3 Å². The number of amides is 1. The summed E-state index contributed by atoms with van der Waals surface area (Å²) in [5.41, 5.74) is 0. The van der Waals surface area contributed by atoms with Crippen molar-refractivity contribution in [2.45, 2.75) is 232 Å². The van der Waals surface area contributed by atoms with Crippen LogP contribution in [0.1, 0.15) is 220 Å². The molecule has 432 valence electrons. The summed E-state index contributed by atoms with van der Waals surface area (Å²) in [6, 6.07) is -0.890. The van der Waals surface area contributed by atoms with Crippen molar-refractivity contribution in [3.63, 3.8) is 0 Å². The molecule has 2 N–H and O–H groups in total. The van der Waals surface area contributed by atoms with E-state index in [-0.39, 0.29) is 37.9 Å². The molecule has 0 bridgehead atoms. The highest BCUT2D eigenvalue weighted by Gasteiger charge is 2.30. The molecule has 0 aromatic rings. The second kappa shape index (κ2) is 54.5. The number of nitrogens with one attached hydrogen (secondary N) is 1. The fourth-order valence-corrected chi connectivity index (χ4v) is 8.57. The number of phosphoric ester groups is 1. The molecule has 0 radical (unpaired) electrons. The number of esters is 1. The van der Waals surface area contributed by atoms with Gasteiger partial charge in [0, 0.05) is 12.8 Å². The minimum Gasteiger partial charge on any atom is -0.456 e. The number of hydrogen-bond acceptors (Lipinski definition) is 6. The zero-order chi connectivity index (χ0) is 55.7. The Balaban J connectivity index is 5.42. The van der Waals surface area contributed by atoms with Crippen LogP contribution >= 0.6 is 7.82 Å². The summed E-state index contributed by atoms with van der Waals surface area (Å²) in [6.07, 6.45) is 77.3. The molecular formula is C66H112N2O7P+. The van der Waals surface area contributed by atoms with Crippen LogP contribution in [0, 0.1) is 0 Å². The highest BCUT2D eigenvalue weighted by Crippen LogP contribution is 2.43. The molecule has 76 heavy (non-hydrogen) atoms. The van der Waals surface area contributed by atoms with Gasteiger partial charge in [-0.05, 0) is 96.0 Å². The Labute approximate surface area is 466 Å². The van der Waals surface area contributed by atoms with Gasteiger partial charge in [0.2, 0.25) is 5.91 Å². The van der Waals surface area contributed by atoms with Gasteiger partial charge in [-0.25, -0.2) is 4.57 Å². The maximum absolute atomic E-state index is 13.5. The average Bonchev–Trinajstić information content (AvgIpc) is 3.38. The normalized spacial score (nSPS) is 14.7. The summed E-state index contributed by atoms with van der Waals surface area (Å²) < 4.78 is 30.6. The van der Waals surface area contributed by atoms with Gasteiger partial charge >= 0.3 is 13.8 Å². The second-order valence-corrected chi connectivity index (χ2v) is 22.4. The van der Waals surface area contributed by atoms with Crippen LogP contribution < -0.4 is 5.32 Å². The van der Waals surface area contributed by atoms with E-state index in [0.29, 0.717) is 23.9 Å². The van der Waals surface area contributed by atoms with Gasteiger partial charge in [0.25, 0.3) is 0 Å². The summed E-state index contributed by atoms with van der Waals surface area (Å²) in [5.74, 6) is -0.589. The molecule has 0 aromatic carbocycles. The number of phosphoric acid groups is 1. The lowest BCUT2D eigenvalue weighted by molar-refractivity contribution is -0.870. The number of quaternary nitrogens is 1. The fourth-order valence-electron chi connectivity index (χ4n) is 7.84. The van der Waals surface area contributed by atoms with Crippen LogP contribution in [0.15, 0.2) is 134 Å². The van der Waals surface area contributed by atoms with Gasteiger partial charge in [-0.3, -0.25) is 18.6 Å². The van der Waals surface area contributed by atoms with Gasteiger partial charge in [-0.1, -0.05) is 245 Å². The molecule has 9 nitrogen and oxygen atoms in total. The number of allylic oxidation sites excluding steroid dienone is 21. The molecule has 3 atom stereocenters. The molecule has 3 unspecified atom stereocenters. The predicted molar refractivity (Wildman–Crippen MR) is 327 cm³/mol. The topological polar surface area (TPSA) is 111 Å². The summed E-state index contributed by atoms with van der Waals surface area (Å²) in [4.78, 5) is 37.7. The monoisotopic (exact) mass is 1080 g/mol. The summed E-state index contributed by atoms with van der Waals surface area (Å²) in [6.45, 7) is 6.76. The van der Waals surface area contributed by atoms with Crippen LogP contribution in [0.2, 0.25) is 0 Å². The van der Waals surface area contributed by atoms with Gasteiger partial charge in [0.05, 0.1) is 33.8 Å². The number of rotatable bonds is 52. The van der Waals surface area contributed by atoms with Crippen LogP contribution in [0.25, 0.3) is 0 Å². The van der Waals surface area contributed by atoms with E-state index < -0.39 is 20.0 Å². The molecule has 0 saturated heterocycles. The molecule has 0 rings (SSSR count). The highest BCUT2D eigenvalue weighted by molar-refractivity contribution is 7.47. The van der Waals surface area contributed by atoms with Crippen molar-refractivity contribution in [2.24, 2.45) is 0 Å². The van der Waals surface area contributed by atoms with Crippen LogP contribution in [0.5, 0.6) is 0 Å². The standard InChI is InChI=1S/C66H111N2O7P/c1-7-10-13-16-19-22-25-28-30-32-33-34-35-37-39-41-44-47-50-53-56-59-66(70)75-64(57-54-51-48-45-42-27-24-21-18-15-12-9-3)63(62-74-76(71,72)73-61-60-68(4,5)6)67-65(69)58-55-52-49-46-43-40-38-36-31-29-26-23-20-17-14-11-8-2/h11,14,17,19-20,22-23,26,28-31,33-34,36-40,43,54,57,63-64H,7-10,12-13,15-16,18,21,24-25,27,32,35,41-42,44-53,55-56,58-62H2,1-6H3,(H-,67,69,71,72)/p+1/b14-11-,20-17+,22-19-,26-23+,30-28-,31-29-,34-33-,38-36+,39-37-,43-40+,57-54+. The summed E-state index contributed by atoms with van der Waals surface area (Å²) in [5, 5.41) is 3.02. The lowest BCUT2D eigenvalue weighted by Crippen LogP contribution is -2.47. The van der Waals surface area contributed by atoms with Crippen LogP contribution in [-0.2, 0) is 27.9 Å². The van der Waals surface area contributed by atoms with Crippen molar-refractivity contribution in [3.8, 4) is 0 Å². The third-order valence-corrected chi connectivity index (χ3v) is 13.5. The number of nitrogens with zero attached hydrogens (tertiary/aromatic N) is 1.